The normalized spacial score (nSPS) is 18.7. The Hall–Kier alpha value is -3.81. The first-order valence-corrected chi connectivity index (χ1v) is 14.1. The molecule has 0 saturated carbocycles. The number of carbonyl (C=O) groups excluding carboxylic acids is 5. The number of nitrogens with one attached hydrogen (secondary N) is 3. The van der Waals surface area contributed by atoms with E-state index < -0.39 is 35.5 Å². The summed E-state index contributed by atoms with van der Waals surface area (Å²) in [7, 11) is 1.54. The van der Waals surface area contributed by atoms with E-state index in [0.717, 1.165) is 54.7 Å². The molecule has 12 heteroatoms. The number of nitrogens with zero attached hydrogens (tertiary/aromatic N) is 1. The van der Waals surface area contributed by atoms with Crippen LogP contribution in [0.2, 0.25) is 0 Å². The van der Waals surface area contributed by atoms with Crippen molar-refractivity contribution in [3.8, 4) is 5.75 Å². The van der Waals surface area contributed by atoms with Crippen LogP contribution in [0.3, 0.4) is 0 Å². The van der Waals surface area contributed by atoms with Crippen LogP contribution in [0.4, 0.5) is 10.1 Å². The topological polar surface area (TPSA) is 145 Å². The van der Waals surface area contributed by atoms with E-state index in [1.54, 1.807) is 24.3 Å². The summed E-state index contributed by atoms with van der Waals surface area (Å²) in [6.45, 7) is 3.70. The predicted octanol–water partition coefficient (Wildman–Crippen LogP) is 0.531. The second kappa shape index (κ2) is 16.3. The second-order valence-electron chi connectivity index (χ2n) is 10.7. The van der Waals surface area contributed by atoms with Crippen LogP contribution >= 0.6 is 0 Å². The molecule has 0 radical (unpaired) electrons. The van der Waals surface area contributed by atoms with Crippen molar-refractivity contribution in [1.82, 2.24) is 15.5 Å². The van der Waals surface area contributed by atoms with E-state index in [1.807, 2.05) is 0 Å². The second-order valence-corrected chi connectivity index (χ2v) is 10.7. The average molecular weight is 601 g/mol. The number of halogens is 1. The first-order chi connectivity index (χ1) is 20.1. The largest absolute Gasteiger partial charge is 1.00 e. The van der Waals surface area contributed by atoms with Crippen molar-refractivity contribution in [2.75, 3.05) is 18.9 Å². The van der Waals surface area contributed by atoms with E-state index in [4.69, 9.17) is 0 Å². The van der Waals surface area contributed by atoms with Gasteiger partial charge in [0.15, 0.2) is 0 Å². The van der Waals surface area contributed by atoms with Gasteiger partial charge in [0.25, 0.3) is 11.8 Å². The standard InChI is InChI=1S/C28H29FN3O5.C3H6NO.CH3.Li/c29-23-15-19(33)13-17-6-4-16(5-8-20(17)23)3-1-2-12-30-18-7-9-21-22(14-18)28(37)32(27(21)36)24-10-11-25(34)31-26(24)35;1-3(5)4-2;;/h7,9,13-14,16,24,30,33H,1-6,8,10-12H2,(H,31,34,35);1H2,2H3,(H,4,5);1H3;/q3*-1;+1. The Morgan fingerprint density at radius 2 is 1.75 bits per heavy atom. The van der Waals surface area contributed by atoms with Crippen molar-refractivity contribution in [1.29, 1.82) is 0 Å². The fraction of sp³-hybridized carbons (Fsp3) is 0.406. The maximum absolute atomic E-state index is 14.1. The molecule has 2 aliphatic heterocycles. The Kier molecular flexibility index (Phi) is 13.5. The van der Waals surface area contributed by atoms with E-state index in [9.17, 15) is 33.5 Å². The number of imide groups is 2. The first-order valence-electron chi connectivity index (χ1n) is 14.1. The number of hydrogen-bond acceptors (Lipinski definition) is 7. The maximum Gasteiger partial charge on any atom is 1.00 e. The molecule has 2 atom stereocenters. The number of aryl methyl sites for hydroxylation is 1. The zero-order valence-corrected chi connectivity index (χ0v) is 25.6. The summed E-state index contributed by atoms with van der Waals surface area (Å²) in [5, 5.41) is 17.4. The molecule has 4 N–H and O–H groups in total. The summed E-state index contributed by atoms with van der Waals surface area (Å²) in [6.07, 6.45) is 6.47. The summed E-state index contributed by atoms with van der Waals surface area (Å²) in [6, 6.07) is 8.02. The SMILES string of the molecule is O=C1CCC(N2C(=O)c3ccc(NCCCCC4CCc5cc(O)[c-]c(F)c5CC4)cc3C2=O)C(=O)N1.[CH2-]C(=O)NC.[CH3-].[Li+]. The molecule has 2 heterocycles. The number of unbranched alkanes of at least 4 members (excludes halogenated alkanes) is 1. The van der Waals surface area contributed by atoms with E-state index in [1.165, 1.54) is 7.05 Å². The van der Waals surface area contributed by atoms with Gasteiger partial charge in [0, 0.05) is 37.3 Å². The number of carbonyl (C=O) groups is 5. The van der Waals surface area contributed by atoms with Crippen LogP contribution in [0.5, 0.6) is 5.75 Å². The third kappa shape index (κ3) is 8.64. The molecular weight excluding hydrogens is 562 g/mol. The molecule has 0 aromatic heterocycles. The molecule has 2 aromatic carbocycles. The third-order valence-electron chi connectivity index (χ3n) is 7.91. The number of aromatic hydroxyl groups is 1. The molecule has 1 fully saturated rings. The molecule has 232 valence electrons. The molecule has 3 aliphatic rings. The summed E-state index contributed by atoms with van der Waals surface area (Å²) >= 11 is 0. The van der Waals surface area contributed by atoms with Gasteiger partial charge in [-0.05, 0) is 49.8 Å². The van der Waals surface area contributed by atoms with Gasteiger partial charge in [-0.3, -0.25) is 29.4 Å². The summed E-state index contributed by atoms with van der Waals surface area (Å²) in [5.74, 6) is -2.38. The van der Waals surface area contributed by atoms with Crippen LogP contribution in [0, 0.1) is 32.2 Å². The van der Waals surface area contributed by atoms with Gasteiger partial charge in [-0.15, -0.1) is 23.3 Å². The van der Waals surface area contributed by atoms with Crippen LogP contribution in [0.1, 0.15) is 76.8 Å². The Balaban J connectivity index is 0.000000894. The van der Waals surface area contributed by atoms with Gasteiger partial charge in [-0.1, -0.05) is 25.7 Å². The number of amides is 5. The minimum atomic E-state index is -0.974. The average Bonchev–Trinajstić information content (AvgIpc) is 3.07. The number of benzene rings is 2. The molecule has 10 nitrogen and oxygen atoms in total. The molecule has 1 saturated heterocycles. The van der Waals surface area contributed by atoms with Crippen molar-refractivity contribution in [2.24, 2.45) is 5.92 Å². The van der Waals surface area contributed by atoms with Gasteiger partial charge >= 0.3 is 18.9 Å². The number of phenolic OH excluding ortho intramolecular Hbond substituents is 1. The van der Waals surface area contributed by atoms with E-state index in [0.29, 0.717) is 24.4 Å². The van der Waals surface area contributed by atoms with Gasteiger partial charge in [-0.2, -0.15) is 0 Å². The van der Waals surface area contributed by atoms with Crippen LogP contribution in [0.25, 0.3) is 0 Å². The van der Waals surface area contributed by atoms with Crippen LogP contribution in [-0.4, -0.2) is 59.2 Å². The number of piperidine rings is 1. The number of rotatable bonds is 7. The molecule has 5 rings (SSSR count). The van der Waals surface area contributed by atoms with E-state index >= 15 is 0 Å². The van der Waals surface area contributed by atoms with Crippen molar-refractivity contribution in [3.05, 3.63) is 72.8 Å². The molecule has 2 unspecified atom stereocenters. The third-order valence-corrected chi connectivity index (χ3v) is 7.91. The zero-order chi connectivity index (χ0) is 30.4. The monoisotopic (exact) mass is 600 g/mol. The van der Waals surface area contributed by atoms with Gasteiger partial charge in [0.1, 0.15) is 6.04 Å². The van der Waals surface area contributed by atoms with Crippen molar-refractivity contribution >= 4 is 35.2 Å². The quantitative estimate of drug-likeness (QED) is 0.119. The number of fused-ring (bicyclic) bond motifs is 2. The predicted molar refractivity (Wildman–Crippen MR) is 158 cm³/mol. The molecular formula is C32H38FLiN4O6-2. The molecule has 0 bridgehead atoms. The molecule has 44 heavy (non-hydrogen) atoms. The molecule has 2 aromatic rings. The number of anilines is 1. The fourth-order valence-corrected chi connectivity index (χ4v) is 5.62. The van der Waals surface area contributed by atoms with E-state index in [-0.39, 0.29) is 61.9 Å². The minimum absolute atomic E-state index is 0. The fourth-order valence-electron chi connectivity index (χ4n) is 5.62. The number of phenols is 1. The minimum Gasteiger partial charge on any atom is -0.534 e. The zero-order valence-electron chi connectivity index (χ0n) is 25.6. The van der Waals surface area contributed by atoms with Crippen molar-refractivity contribution in [2.45, 2.75) is 63.8 Å². The molecule has 0 spiro atoms. The Morgan fingerprint density at radius 3 is 2.43 bits per heavy atom. The van der Waals surface area contributed by atoms with Gasteiger partial charge in [-0.25, -0.2) is 4.39 Å². The van der Waals surface area contributed by atoms with Crippen LogP contribution in [-0.2, 0) is 27.2 Å². The number of hydrogen-bond donors (Lipinski definition) is 4. The molecule has 1 aliphatic carbocycles. The summed E-state index contributed by atoms with van der Waals surface area (Å²) in [4.78, 5) is 60.0. The van der Waals surface area contributed by atoms with Gasteiger partial charge in [0.2, 0.25) is 11.8 Å². The van der Waals surface area contributed by atoms with Gasteiger partial charge in [0.05, 0.1) is 17.0 Å². The summed E-state index contributed by atoms with van der Waals surface area (Å²) < 4.78 is 14.1. The Morgan fingerprint density at radius 1 is 1.07 bits per heavy atom. The smallest absolute Gasteiger partial charge is 0.534 e. The Labute approximate surface area is 269 Å². The van der Waals surface area contributed by atoms with Gasteiger partial charge < -0.3 is 34.9 Å². The van der Waals surface area contributed by atoms with E-state index in [2.05, 4.69) is 28.9 Å². The summed E-state index contributed by atoms with van der Waals surface area (Å²) in [5.41, 5.74) is 2.81. The van der Waals surface area contributed by atoms with Crippen LogP contribution < -0.4 is 34.8 Å². The Bertz CT molecular complexity index is 1400. The van der Waals surface area contributed by atoms with Crippen molar-refractivity contribution < 1.29 is 52.3 Å². The first kappa shape index (κ1) is 36.4. The maximum atomic E-state index is 14.1. The molecule has 5 amide bonds. The van der Waals surface area contributed by atoms with Crippen LogP contribution in [0.15, 0.2) is 24.3 Å². The van der Waals surface area contributed by atoms with Crippen molar-refractivity contribution in [3.63, 3.8) is 0 Å².